The Morgan fingerprint density at radius 2 is 1.83 bits per heavy atom. The van der Waals surface area contributed by atoms with E-state index < -0.39 is 5.97 Å². The summed E-state index contributed by atoms with van der Waals surface area (Å²) in [7, 11) is 1.56. The van der Waals surface area contributed by atoms with Gasteiger partial charge in [0.15, 0.2) is 12.4 Å². The number of para-hydroxylation sites is 1. The lowest BCUT2D eigenvalue weighted by atomic mass is 10.1. The maximum atomic E-state index is 11.9. The van der Waals surface area contributed by atoms with Crippen LogP contribution < -0.4 is 9.47 Å². The number of nitrogens with zero attached hydrogens (tertiary/aromatic N) is 2. The Kier molecular flexibility index (Phi) is 6.57. The van der Waals surface area contributed by atoms with E-state index >= 15 is 0 Å². The number of carbonyl (C=O) groups excluding carboxylic acids is 2. The van der Waals surface area contributed by atoms with Crippen molar-refractivity contribution >= 4 is 11.8 Å². The molecule has 8 nitrogen and oxygen atoms in total. The summed E-state index contributed by atoms with van der Waals surface area (Å²) in [6, 6.07) is 14.0. The highest BCUT2D eigenvalue weighted by atomic mass is 16.6. The van der Waals surface area contributed by atoms with Gasteiger partial charge in [-0.1, -0.05) is 17.3 Å². The number of carbonyl (C=O) groups is 2. The van der Waals surface area contributed by atoms with Crippen LogP contribution in [-0.4, -0.2) is 35.6 Å². The second-order valence-electron chi connectivity index (χ2n) is 6.05. The lowest BCUT2D eigenvalue weighted by molar-refractivity contribution is -0.146. The normalized spacial score (nSPS) is 10.4. The summed E-state index contributed by atoms with van der Waals surface area (Å²) in [4.78, 5) is 27.3. The van der Waals surface area contributed by atoms with Crippen LogP contribution in [0.25, 0.3) is 11.4 Å². The number of benzene rings is 2. The molecule has 0 aliphatic rings. The Labute approximate surface area is 167 Å². The van der Waals surface area contributed by atoms with Crippen LogP contribution >= 0.6 is 0 Å². The molecule has 2 aromatic carbocycles. The minimum Gasteiger partial charge on any atom is -0.496 e. The average molecular weight is 396 g/mol. The number of aromatic nitrogens is 2. The van der Waals surface area contributed by atoms with Crippen molar-refractivity contribution in [3.63, 3.8) is 0 Å². The van der Waals surface area contributed by atoms with E-state index in [-0.39, 0.29) is 31.3 Å². The minimum absolute atomic E-state index is 0.0185. The highest BCUT2D eigenvalue weighted by Crippen LogP contribution is 2.27. The molecule has 0 N–H and O–H groups in total. The zero-order chi connectivity index (χ0) is 20.6. The molecular weight excluding hydrogens is 376 g/mol. The van der Waals surface area contributed by atoms with E-state index in [1.165, 1.54) is 6.92 Å². The molecule has 29 heavy (non-hydrogen) atoms. The number of rotatable bonds is 9. The Morgan fingerprint density at radius 1 is 1.07 bits per heavy atom. The molecule has 8 heteroatoms. The number of hydrogen-bond acceptors (Lipinski definition) is 8. The van der Waals surface area contributed by atoms with Crippen molar-refractivity contribution in [3.8, 4) is 22.9 Å². The van der Waals surface area contributed by atoms with Crippen molar-refractivity contribution in [2.24, 2.45) is 0 Å². The molecule has 0 aliphatic heterocycles. The van der Waals surface area contributed by atoms with E-state index in [4.69, 9.17) is 18.7 Å². The number of ether oxygens (including phenoxy) is 3. The minimum atomic E-state index is -0.456. The number of esters is 1. The van der Waals surface area contributed by atoms with E-state index in [1.54, 1.807) is 43.5 Å². The molecule has 0 saturated heterocycles. The maximum absolute atomic E-state index is 11.9. The largest absolute Gasteiger partial charge is 0.496 e. The predicted octanol–water partition coefficient (Wildman–Crippen LogP) is 3.46. The highest BCUT2D eigenvalue weighted by molar-refractivity contribution is 5.94. The number of ketones is 1. The van der Waals surface area contributed by atoms with Gasteiger partial charge in [0.25, 0.3) is 5.89 Å². The van der Waals surface area contributed by atoms with E-state index in [1.807, 2.05) is 12.1 Å². The van der Waals surface area contributed by atoms with Gasteiger partial charge in [-0.25, -0.2) is 0 Å². The fraction of sp³-hybridized carbons (Fsp3) is 0.238. The Balaban J connectivity index is 1.45. The van der Waals surface area contributed by atoms with Crippen LogP contribution in [0.3, 0.4) is 0 Å². The maximum Gasteiger partial charge on any atom is 0.309 e. The molecular formula is C21H20N2O6. The van der Waals surface area contributed by atoms with Gasteiger partial charge < -0.3 is 18.7 Å². The first-order chi connectivity index (χ1) is 14.1. The summed E-state index contributed by atoms with van der Waals surface area (Å²) in [6.07, 6.45) is 0.0575. The molecule has 0 atom stereocenters. The van der Waals surface area contributed by atoms with Gasteiger partial charge >= 0.3 is 5.97 Å². The third-order valence-corrected chi connectivity index (χ3v) is 4.01. The predicted molar refractivity (Wildman–Crippen MR) is 103 cm³/mol. The SMILES string of the molecule is COc1ccccc1-c1noc(COC(=O)CCOc2ccc(C(C)=O)cc2)n1. The topological polar surface area (TPSA) is 101 Å². The van der Waals surface area contributed by atoms with E-state index in [0.29, 0.717) is 28.5 Å². The molecule has 0 bridgehead atoms. The first kappa shape index (κ1) is 20.1. The summed E-state index contributed by atoms with van der Waals surface area (Å²) in [5.41, 5.74) is 1.28. The van der Waals surface area contributed by atoms with Gasteiger partial charge in [0.1, 0.15) is 11.5 Å². The van der Waals surface area contributed by atoms with Crippen molar-refractivity contribution in [1.82, 2.24) is 10.1 Å². The van der Waals surface area contributed by atoms with Gasteiger partial charge in [-0.3, -0.25) is 9.59 Å². The van der Waals surface area contributed by atoms with Crippen LogP contribution in [0, 0.1) is 0 Å². The first-order valence-electron chi connectivity index (χ1n) is 8.92. The molecule has 0 spiro atoms. The summed E-state index contributed by atoms with van der Waals surface area (Å²) in [6.45, 7) is 1.51. The fourth-order valence-corrected chi connectivity index (χ4v) is 2.50. The van der Waals surface area contributed by atoms with Gasteiger partial charge in [-0.15, -0.1) is 0 Å². The first-order valence-corrected chi connectivity index (χ1v) is 8.92. The van der Waals surface area contributed by atoms with Crippen molar-refractivity contribution in [1.29, 1.82) is 0 Å². The molecule has 3 rings (SSSR count). The van der Waals surface area contributed by atoms with Crippen molar-refractivity contribution < 1.29 is 28.3 Å². The summed E-state index contributed by atoms with van der Waals surface area (Å²) >= 11 is 0. The smallest absolute Gasteiger partial charge is 0.309 e. The molecule has 150 valence electrons. The third kappa shape index (κ3) is 5.41. The molecule has 0 aliphatic carbocycles. The fourth-order valence-electron chi connectivity index (χ4n) is 2.50. The van der Waals surface area contributed by atoms with Crippen LogP contribution in [0.2, 0.25) is 0 Å². The van der Waals surface area contributed by atoms with Gasteiger partial charge in [0, 0.05) is 5.56 Å². The summed E-state index contributed by atoms with van der Waals surface area (Å²) in [5, 5.41) is 3.89. The van der Waals surface area contributed by atoms with Gasteiger partial charge in [-0.05, 0) is 43.3 Å². The molecule has 3 aromatic rings. The average Bonchev–Trinajstić information content (AvgIpc) is 3.21. The highest BCUT2D eigenvalue weighted by Gasteiger charge is 2.14. The standard InChI is InChI=1S/C21H20N2O6/c1-14(24)15-7-9-16(10-8-15)27-12-11-20(25)28-13-19-22-21(23-29-19)17-5-3-4-6-18(17)26-2/h3-10H,11-13H2,1-2H3. The van der Waals surface area contributed by atoms with Crippen molar-refractivity contribution in [2.75, 3.05) is 13.7 Å². The van der Waals surface area contributed by atoms with E-state index in [0.717, 1.165) is 0 Å². The van der Waals surface area contributed by atoms with Crippen LogP contribution in [0.15, 0.2) is 53.1 Å². The Morgan fingerprint density at radius 3 is 2.55 bits per heavy atom. The lowest BCUT2D eigenvalue weighted by Gasteiger charge is -2.06. The Bertz CT molecular complexity index is 981. The molecule has 0 amide bonds. The quantitative estimate of drug-likeness (QED) is 0.400. The van der Waals surface area contributed by atoms with E-state index in [2.05, 4.69) is 10.1 Å². The molecule has 1 heterocycles. The van der Waals surface area contributed by atoms with Crippen molar-refractivity contribution in [2.45, 2.75) is 20.0 Å². The zero-order valence-electron chi connectivity index (χ0n) is 16.1. The second kappa shape index (κ2) is 9.50. The van der Waals surface area contributed by atoms with Gasteiger partial charge in [0.2, 0.25) is 5.82 Å². The number of methoxy groups -OCH3 is 1. The van der Waals surface area contributed by atoms with Crippen molar-refractivity contribution in [3.05, 3.63) is 60.0 Å². The molecule has 0 radical (unpaired) electrons. The molecule has 0 fully saturated rings. The molecule has 0 unspecified atom stereocenters. The Hall–Kier alpha value is -3.68. The summed E-state index contributed by atoms with van der Waals surface area (Å²) < 4.78 is 21.0. The third-order valence-electron chi connectivity index (χ3n) is 4.01. The zero-order valence-corrected chi connectivity index (χ0v) is 16.1. The molecule has 0 saturated carbocycles. The second-order valence-corrected chi connectivity index (χ2v) is 6.05. The van der Waals surface area contributed by atoms with Crippen LogP contribution in [0.5, 0.6) is 11.5 Å². The summed E-state index contributed by atoms with van der Waals surface area (Å²) in [5.74, 6) is 1.25. The van der Waals surface area contributed by atoms with Crippen LogP contribution in [0.4, 0.5) is 0 Å². The van der Waals surface area contributed by atoms with E-state index in [9.17, 15) is 9.59 Å². The van der Waals surface area contributed by atoms with Gasteiger partial charge in [-0.2, -0.15) is 4.98 Å². The monoisotopic (exact) mass is 396 g/mol. The van der Waals surface area contributed by atoms with Crippen LogP contribution in [0.1, 0.15) is 29.6 Å². The molecule has 1 aromatic heterocycles. The number of hydrogen-bond donors (Lipinski definition) is 0. The van der Waals surface area contributed by atoms with Gasteiger partial charge in [0.05, 0.1) is 25.7 Å². The number of Topliss-reactive ketones (excluding diaryl/α,β-unsaturated/α-hetero) is 1. The lowest BCUT2D eigenvalue weighted by Crippen LogP contribution is -2.10. The van der Waals surface area contributed by atoms with Crippen LogP contribution in [-0.2, 0) is 16.1 Å².